The van der Waals surface area contributed by atoms with Crippen LogP contribution in [-0.2, 0) is 19.6 Å². The minimum absolute atomic E-state index is 0.0277. The first-order valence-electron chi connectivity index (χ1n) is 8.20. The van der Waals surface area contributed by atoms with Crippen LogP contribution >= 0.6 is 0 Å². The van der Waals surface area contributed by atoms with Crippen LogP contribution < -0.4 is 5.32 Å². The minimum Gasteiger partial charge on any atom is -0.384 e. The van der Waals surface area contributed by atoms with Gasteiger partial charge in [-0.1, -0.05) is 17.7 Å². The van der Waals surface area contributed by atoms with Crippen molar-refractivity contribution in [3.05, 3.63) is 29.3 Å². The summed E-state index contributed by atoms with van der Waals surface area (Å²) in [6.45, 7) is 5.01. The third-order valence-electron chi connectivity index (χ3n) is 4.30. The van der Waals surface area contributed by atoms with E-state index in [4.69, 9.17) is 4.74 Å². The second kappa shape index (κ2) is 8.09. The van der Waals surface area contributed by atoms with Gasteiger partial charge in [-0.3, -0.25) is 4.79 Å². The molecule has 0 saturated carbocycles. The van der Waals surface area contributed by atoms with Gasteiger partial charge in [0.15, 0.2) is 0 Å². The number of hydrogen-bond acceptors (Lipinski definition) is 4. The molecule has 0 radical (unpaired) electrons. The van der Waals surface area contributed by atoms with Crippen molar-refractivity contribution in [2.45, 2.75) is 44.0 Å². The fourth-order valence-electron chi connectivity index (χ4n) is 2.96. The number of amides is 1. The van der Waals surface area contributed by atoms with Gasteiger partial charge in [-0.25, -0.2) is 8.42 Å². The van der Waals surface area contributed by atoms with Crippen LogP contribution in [0.2, 0.25) is 0 Å². The highest BCUT2D eigenvalue weighted by molar-refractivity contribution is 7.89. The van der Waals surface area contributed by atoms with Crippen molar-refractivity contribution in [3.63, 3.8) is 0 Å². The van der Waals surface area contributed by atoms with Crippen molar-refractivity contribution >= 4 is 15.9 Å². The number of nitrogens with one attached hydrogen (secondary N) is 1. The van der Waals surface area contributed by atoms with Crippen molar-refractivity contribution in [1.29, 1.82) is 0 Å². The maximum Gasteiger partial charge on any atom is 0.243 e. The van der Waals surface area contributed by atoms with Crippen LogP contribution in [0.1, 0.15) is 30.4 Å². The first kappa shape index (κ1) is 18.9. The summed E-state index contributed by atoms with van der Waals surface area (Å²) in [4.78, 5) is 12.1. The van der Waals surface area contributed by atoms with Gasteiger partial charge in [0, 0.05) is 32.7 Å². The Balaban J connectivity index is 1.97. The van der Waals surface area contributed by atoms with Crippen molar-refractivity contribution in [3.8, 4) is 0 Å². The number of ether oxygens (including phenoxy) is 1. The number of piperidine rings is 1. The van der Waals surface area contributed by atoms with E-state index in [9.17, 15) is 13.2 Å². The number of benzene rings is 1. The highest BCUT2D eigenvalue weighted by Crippen LogP contribution is 2.24. The largest absolute Gasteiger partial charge is 0.384 e. The summed E-state index contributed by atoms with van der Waals surface area (Å²) in [5.74, 6) is -0.0486. The Bertz CT molecular complexity index is 680. The average Bonchev–Trinajstić information content (AvgIpc) is 2.53. The van der Waals surface area contributed by atoms with Gasteiger partial charge >= 0.3 is 0 Å². The Morgan fingerprint density at radius 1 is 1.29 bits per heavy atom. The summed E-state index contributed by atoms with van der Waals surface area (Å²) in [6.07, 6.45) is 1.59. The molecule has 1 saturated heterocycles. The van der Waals surface area contributed by atoms with Crippen molar-refractivity contribution in [1.82, 2.24) is 9.62 Å². The number of carbonyl (C=O) groups is 1. The smallest absolute Gasteiger partial charge is 0.243 e. The predicted molar refractivity (Wildman–Crippen MR) is 92.3 cm³/mol. The first-order chi connectivity index (χ1) is 11.3. The van der Waals surface area contributed by atoms with Crippen LogP contribution in [0.3, 0.4) is 0 Å². The molecule has 6 nitrogen and oxygen atoms in total. The van der Waals surface area contributed by atoms with E-state index < -0.39 is 10.0 Å². The maximum absolute atomic E-state index is 12.8. The maximum atomic E-state index is 12.8. The zero-order valence-electron chi connectivity index (χ0n) is 14.5. The van der Waals surface area contributed by atoms with E-state index in [0.717, 1.165) is 11.1 Å². The third kappa shape index (κ3) is 4.55. The van der Waals surface area contributed by atoms with Crippen molar-refractivity contribution < 1.29 is 17.9 Å². The quantitative estimate of drug-likeness (QED) is 0.842. The molecule has 0 aromatic heterocycles. The third-order valence-corrected chi connectivity index (χ3v) is 6.36. The average molecular weight is 354 g/mol. The highest BCUT2D eigenvalue weighted by atomic mass is 32.2. The molecule has 1 fully saturated rings. The van der Waals surface area contributed by atoms with E-state index in [1.54, 1.807) is 13.2 Å². The van der Waals surface area contributed by atoms with Gasteiger partial charge in [0.2, 0.25) is 15.9 Å². The van der Waals surface area contributed by atoms with Gasteiger partial charge in [-0.05, 0) is 38.3 Å². The van der Waals surface area contributed by atoms with Crippen LogP contribution in [0.5, 0.6) is 0 Å². The standard InChI is InChI=1S/C17H26N2O4S/c1-13-4-5-16(14(2)12-13)24(21,22)19-9-6-15(7-10-19)18-17(20)8-11-23-3/h4-5,12,15H,6-11H2,1-3H3,(H,18,20). The lowest BCUT2D eigenvalue weighted by Crippen LogP contribution is -2.46. The van der Waals surface area contributed by atoms with E-state index >= 15 is 0 Å². The molecule has 1 amide bonds. The molecule has 134 valence electrons. The molecule has 1 aromatic rings. The van der Waals surface area contributed by atoms with E-state index in [-0.39, 0.29) is 11.9 Å². The number of methoxy groups -OCH3 is 1. The molecule has 7 heteroatoms. The molecule has 1 heterocycles. The van der Waals surface area contributed by atoms with Gasteiger partial charge in [0.25, 0.3) is 0 Å². The van der Waals surface area contributed by atoms with E-state index in [1.807, 2.05) is 26.0 Å². The topological polar surface area (TPSA) is 75.7 Å². The number of sulfonamides is 1. The van der Waals surface area contributed by atoms with Crippen LogP contribution in [0.15, 0.2) is 23.1 Å². The lowest BCUT2D eigenvalue weighted by Gasteiger charge is -2.32. The van der Waals surface area contributed by atoms with Crippen LogP contribution in [-0.4, -0.2) is 51.5 Å². The van der Waals surface area contributed by atoms with E-state index in [1.165, 1.54) is 4.31 Å². The fraction of sp³-hybridized carbons (Fsp3) is 0.588. The van der Waals surface area contributed by atoms with Gasteiger partial charge in [0.1, 0.15) is 0 Å². The molecule has 0 spiro atoms. The summed E-state index contributed by atoms with van der Waals surface area (Å²) in [6, 6.07) is 5.41. The minimum atomic E-state index is -3.47. The predicted octanol–water partition coefficient (Wildman–Crippen LogP) is 1.61. The Hall–Kier alpha value is -1.44. The molecular formula is C17H26N2O4S. The SMILES string of the molecule is COCCC(=O)NC1CCN(S(=O)(=O)c2ccc(C)cc2C)CC1. The molecule has 0 unspecified atom stereocenters. The summed E-state index contributed by atoms with van der Waals surface area (Å²) >= 11 is 0. The Morgan fingerprint density at radius 2 is 1.96 bits per heavy atom. The second-order valence-electron chi connectivity index (χ2n) is 6.26. The van der Waals surface area contributed by atoms with Crippen LogP contribution in [0, 0.1) is 13.8 Å². The zero-order chi connectivity index (χ0) is 17.7. The van der Waals surface area contributed by atoms with Crippen LogP contribution in [0.25, 0.3) is 0 Å². The molecule has 1 aromatic carbocycles. The van der Waals surface area contributed by atoms with Gasteiger partial charge in [-0.2, -0.15) is 4.31 Å². The molecule has 0 atom stereocenters. The Kier molecular flexibility index (Phi) is 6.37. The lowest BCUT2D eigenvalue weighted by atomic mass is 10.1. The van der Waals surface area contributed by atoms with Gasteiger partial charge in [-0.15, -0.1) is 0 Å². The first-order valence-corrected chi connectivity index (χ1v) is 9.64. The number of rotatable bonds is 6. The molecule has 2 rings (SSSR count). The van der Waals surface area contributed by atoms with Gasteiger partial charge < -0.3 is 10.1 Å². The summed E-state index contributed by atoms with van der Waals surface area (Å²) < 4.78 is 32.0. The Labute approximate surface area is 144 Å². The summed E-state index contributed by atoms with van der Waals surface area (Å²) in [5.41, 5.74) is 1.81. The zero-order valence-corrected chi connectivity index (χ0v) is 15.4. The molecule has 1 aliphatic rings. The molecule has 1 aliphatic heterocycles. The van der Waals surface area contributed by atoms with Gasteiger partial charge in [0.05, 0.1) is 11.5 Å². The van der Waals surface area contributed by atoms with E-state index in [0.29, 0.717) is 43.9 Å². The fourth-order valence-corrected chi connectivity index (χ4v) is 4.64. The van der Waals surface area contributed by atoms with Crippen molar-refractivity contribution in [2.24, 2.45) is 0 Å². The Morgan fingerprint density at radius 3 is 2.54 bits per heavy atom. The molecule has 1 N–H and O–H groups in total. The number of aryl methyl sites for hydroxylation is 2. The second-order valence-corrected chi connectivity index (χ2v) is 8.16. The number of carbonyl (C=O) groups excluding carboxylic acids is 1. The normalized spacial score (nSPS) is 17.0. The van der Waals surface area contributed by atoms with Crippen LogP contribution in [0.4, 0.5) is 0 Å². The number of hydrogen-bond donors (Lipinski definition) is 1. The number of nitrogens with zero attached hydrogens (tertiary/aromatic N) is 1. The highest BCUT2D eigenvalue weighted by Gasteiger charge is 2.30. The van der Waals surface area contributed by atoms with Crippen molar-refractivity contribution in [2.75, 3.05) is 26.8 Å². The summed E-state index contributed by atoms with van der Waals surface area (Å²) in [5, 5.41) is 2.94. The molecular weight excluding hydrogens is 328 g/mol. The monoisotopic (exact) mass is 354 g/mol. The lowest BCUT2D eigenvalue weighted by molar-refractivity contribution is -0.122. The molecule has 24 heavy (non-hydrogen) atoms. The molecule has 0 aliphatic carbocycles. The van der Waals surface area contributed by atoms with E-state index in [2.05, 4.69) is 5.32 Å². The summed E-state index contributed by atoms with van der Waals surface area (Å²) in [7, 11) is -1.92. The molecule has 0 bridgehead atoms.